The maximum absolute atomic E-state index is 12.4. The molecule has 2 amide bonds. The lowest BCUT2D eigenvalue weighted by atomic mass is 10.2. The van der Waals surface area contributed by atoms with Crippen molar-refractivity contribution in [3.05, 3.63) is 18.5 Å². The van der Waals surface area contributed by atoms with Crippen molar-refractivity contribution in [2.24, 2.45) is 0 Å². The predicted molar refractivity (Wildman–Crippen MR) is 80.2 cm³/mol. The highest BCUT2D eigenvalue weighted by Crippen LogP contribution is 2.22. The average molecular weight is 291 g/mol. The van der Waals surface area contributed by atoms with Crippen LogP contribution < -0.4 is 10.6 Å². The molecule has 3 heterocycles. The fourth-order valence-corrected chi connectivity index (χ4v) is 2.78. The molecule has 0 aliphatic carbocycles. The molecule has 2 saturated heterocycles. The number of aromatic nitrogens is 1. The van der Waals surface area contributed by atoms with E-state index >= 15 is 0 Å². The first-order valence-corrected chi connectivity index (χ1v) is 7.32. The van der Waals surface area contributed by atoms with Crippen LogP contribution in [0.4, 0.5) is 16.2 Å². The molecule has 1 aromatic heterocycles. The molecule has 3 rings (SSSR count). The van der Waals surface area contributed by atoms with Crippen molar-refractivity contribution in [2.45, 2.75) is 0 Å². The molecule has 0 saturated carbocycles. The Morgan fingerprint density at radius 3 is 2.43 bits per heavy atom. The monoisotopic (exact) mass is 291 g/mol. The molecule has 21 heavy (non-hydrogen) atoms. The molecular weight excluding hydrogens is 270 g/mol. The van der Waals surface area contributed by atoms with Crippen LogP contribution >= 0.6 is 0 Å². The Labute approximate surface area is 124 Å². The zero-order valence-electron chi connectivity index (χ0n) is 12.1. The Morgan fingerprint density at radius 2 is 1.76 bits per heavy atom. The number of pyridine rings is 1. The molecule has 0 spiro atoms. The van der Waals surface area contributed by atoms with Crippen LogP contribution in [-0.2, 0) is 4.74 Å². The SMILES string of the molecule is Nc1cnccc1N1CCN(C(=O)N2CCOCC2)CC1. The number of amides is 2. The fourth-order valence-electron chi connectivity index (χ4n) is 2.78. The minimum atomic E-state index is 0.126. The van der Waals surface area contributed by atoms with Gasteiger partial charge in [-0.2, -0.15) is 0 Å². The second kappa shape index (κ2) is 6.17. The van der Waals surface area contributed by atoms with E-state index in [-0.39, 0.29) is 6.03 Å². The Hall–Kier alpha value is -2.02. The zero-order valence-corrected chi connectivity index (χ0v) is 12.1. The third-order valence-electron chi connectivity index (χ3n) is 4.00. The molecule has 2 aliphatic rings. The van der Waals surface area contributed by atoms with Gasteiger partial charge in [0.25, 0.3) is 0 Å². The summed E-state index contributed by atoms with van der Waals surface area (Å²) in [6.45, 7) is 5.69. The number of rotatable bonds is 1. The second-order valence-electron chi connectivity index (χ2n) is 5.29. The van der Waals surface area contributed by atoms with Gasteiger partial charge in [0, 0.05) is 45.5 Å². The molecule has 0 unspecified atom stereocenters. The maximum Gasteiger partial charge on any atom is 0.320 e. The van der Waals surface area contributed by atoms with Gasteiger partial charge in [-0.25, -0.2) is 4.79 Å². The van der Waals surface area contributed by atoms with E-state index in [0.717, 1.165) is 31.9 Å². The van der Waals surface area contributed by atoms with Crippen LogP contribution in [0.1, 0.15) is 0 Å². The van der Waals surface area contributed by atoms with E-state index in [1.807, 2.05) is 15.9 Å². The van der Waals surface area contributed by atoms with E-state index in [1.165, 1.54) is 0 Å². The van der Waals surface area contributed by atoms with E-state index in [0.29, 0.717) is 32.0 Å². The summed E-state index contributed by atoms with van der Waals surface area (Å²) in [7, 11) is 0. The Balaban J connectivity index is 1.57. The van der Waals surface area contributed by atoms with Crippen LogP contribution in [0.5, 0.6) is 0 Å². The van der Waals surface area contributed by atoms with Gasteiger partial charge in [-0.3, -0.25) is 4.98 Å². The van der Waals surface area contributed by atoms with Gasteiger partial charge < -0.3 is 25.2 Å². The average Bonchev–Trinajstić information content (AvgIpc) is 2.56. The number of piperazine rings is 1. The van der Waals surface area contributed by atoms with Crippen LogP contribution in [0.25, 0.3) is 0 Å². The quantitative estimate of drug-likeness (QED) is 0.802. The number of hydrogen-bond donors (Lipinski definition) is 1. The first-order chi connectivity index (χ1) is 10.3. The summed E-state index contributed by atoms with van der Waals surface area (Å²) in [4.78, 5) is 22.4. The summed E-state index contributed by atoms with van der Waals surface area (Å²) in [5.74, 6) is 0. The van der Waals surface area contributed by atoms with Crippen LogP contribution in [-0.4, -0.2) is 73.3 Å². The number of anilines is 2. The third-order valence-corrected chi connectivity index (χ3v) is 4.00. The molecule has 7 nitrogen and oxygen atoms in total. The van der Waals surface area contributed by atoms with Crippen LogP contribution in [0, 0.1) is 0 Å². The van der Waals surface area contributed by atoms with Crippen molar-refractivity contribution in [3.8, 4) is 0 Å². The molecule has 7 heteroatoms. The van der Waals surface area contributed by atoms with Gasteiger partial charge in [0.2, 0.25) is 0 Å². The smallest absolute Gasteiger partial charge is 0.320 e. The van der Waals surface area contributed by atoms with E-state index in [4.69, 9.17) is 10.5 Å². The number of nitrogen functional groups attached to an aromatic ring is 1. The first kappa shape index (κ1) is 13.9. The summed E-state index contributed by atoms with van der Waals surface area (Å²) < 4.78 is 5.28. The number of ether oxygens (including phenoxy) is 1. The zero-order chi connectivity index (χ0) is 14.7. The number of morpholine rings is 1. The normalized spacial score (nSPS) is 19.7. The van der Waals surface area contributed by atoms with Gasteiger partial charge >= 0.3 is 6.03 Å². The topological polar surface area (TPSA) is 74.9 Å². The number of hydrogen-bond acceptors (Lipinski definition) is 5. The molecule has 0 radical (unpaired) electrons. The summed E-state index contributed by atoms with van der Waals surface area (Å²) in [5.41, 5.74) is 7.64. The van der Waals surface area contributed by atoms with E-state index < -0.39 is 0 Å². The summed E-state index contributed by atoms with van der Waals surface area (Å²) in [5, 5.41) is 0. The summed E-state index contributed by atoms with van der Waals surface area (Å²) in [6.07, 6.45) is 3.41. The lowest BCUT2D eigenvalue weighted by Gasteiger charge is -2.39. The van der Waals surface area contributed by atoms with Crippen molar-refractivity contribution in [2.75, 3.05) is 63.1 Å². The standard InChI is InChI=1S/C14H21N5O2/c15-12-11-16-2-1-13(12)17-3-5-18(6-4-17)14(20)19-7-9-21-10-8-19/h1-2,11H,3-10,15H2. The highest BCUT2D eigenvalue weighted by molar-refractivity contribution is 5.75. The Kier molecular flexibility index (Phi) is 4.10. The molecule has 114 valence electrons. The van der Waals surface area contributed by atoms with Crippen molar-refractivity contribution >= 4 is 17.4 Å². The molecule has 2 fully saturated rings. The number of nitrogens with two attached hydrogens (primary N) is 1. The lowest BCUT2D eigenvalue weighted by Crippen LogP contribution is -2.54. The van der Waals surface area contributed by atoms with Gasteiger partial charge in [0.1, 0.15) is 0 Å². The molecule has 2 N–H and O–H groups in total. The number of carbonyl (C=O) groups excluding carboxylic acids is 1. The van der Waals surface area contributed by atoms with E-state index in [1.54, 1.807) is 12.4 Å². The largest absolute Gasteiger partial charge is 0.396 e. The lowest BCUT2D eigenvalue weighted by molar-refractivity contribution is 0.0428. The van der Waals surface area contributed by atoms with Gasteiger partial charge in [0.15, 0.2) is 0 Å². The fraction of sp³-hybridized carbons (Fsp3) is 0.571. The molecule has 1 aromatic rings. The van der Waals surface area contributed by atoms with Crippen LogP contribution in [0.3, 0.4) is 0 Å². The van der Waals surface area contributed by atoms with Crippen molar-refractivity contribution in [1.82, 2.24) is 14.8 Å². The maximum atomic E-state index is 12.4. The molecule has 0 atom stereocenters. The van der Waals surface area contributed by atoms with E-state index in [9.17, 15) is 4.79 Å². The summed E-state index contributed by atoms with van der Waals surface area (Å²) >= 11 is 0. The minimum absolute atomic E-state index is 0.126. The summed E-state index contributed by atoms with van der Waals surface area (Å²) in [6, 6.07) is 2.05. The Morgan fingerprint density at radius 1 is 1.10 bits per heavy atom. The van der Waals surface area contributed by atoms with Gasteiger partial charge in [-0.15, -0.1) is 0 Å². The van der Waals surface area contributed by atoms with Gasteiger partial charge in [-0.05, 0) is 6.07 Å². The number of urea groups is 1. The third kappa shape index (κ3) is 3.02. The van der Waals surface area contributed by atoms with Gasteiger partial charge in [0.05, 0.1) is 30.8 Å². The molecule has 0 aromatic carbocycles. The predicted octanol–water partition coefficient (Wildman–Crippen LogP) is 0.238. The number of carbonyl (C=O) groups is 1. The first-order valence-electron chi connectivity index (χ1n) is 7.32. The van der Waals surface area contributed by atoms with Crippen molar-refractivity contribution < 1.29 is 9.53 Å². The van der Waals surface area contributed by atoms with Crippen LogP contribution in [0.2, 0.25) is 0 Å². The second-order valence-corrected chi connectivity index (χ2v) is 5.29. The molecular formula is C14H21N5O2. The van der Waals surface area contributed by atoms with Gasteiger partial charge in [-0.1, -0.05) is 0 Å². The van der Waals surface area contributed by atoms with Crippen molar-refractivity contribution in [3.63, 3.8) is 0 Å². The van der Waals surface area contributed by atoms with E-state index in [2.05, 4.69) is 9.88 Å². The van der Waals surface area contributed by atoms with Crippen LogP contribution in [0.15, 0.2) is 18.5 Å². The minimum Gasteiger partial charge on any atom is -0.396 e. The van der Waals surface area contributed by atoms with Crippen molar-refractivity contribution in [1.29, 1.82) is 0 Å². The molecule has 2 aliphatic heterocycles. The highest BCUT2D eigenvalue weighted by atomic mass is 16.5. The highest BCUT2D eigenvalue weighted by Gasteiger charge is 2.26. The Bertz CT molecular complexity index is 496. The number of nitrogens with zero attached hydrogens (tertiary/aromatic N) is 4. The molecule has 0 bridgehead atoms.